The van der Waals surface area contributed by atoms with Gasteiger partial charge in [-0.1, -0.05) is 36.4 Å². The van der Waals surface area contributed by atoms with Gasteiger partial charge in [-0.3, -0.25) is 4.79 Å². The normalized spacial score (nSPS) is 11.5. The predicted octanol–water partition coefficient (Wildman–Crippen LogP) is 4.42. The number of anilines is 1. The molecule has 118 valence electrons. The molecule has 2 aromatic carbocycles. The topological polar surface area (TPSA) is 44.1 Å². The van der Waals surface area contributed by atoms with Gasteiger partial charge in [-0.2, -0.15) is 5.26 Å². The molecule has 0 aliphatic carbocycles. The summed E-state index contributed by atoms with van der Waals surface area (Å²) in [5.74, 6) is 0.0275. The molecule has 0 aromatic heterocycles. The van der Waals surface area contributed by atoms with E-state index < -0.39 is 0 Å². The first-order valence-corrected chi connectivity index (χ1v) is 8.47. The summed E-state index contributed by atoms with van der Waals surface area (Å²) in [6.07, 6.45) is 0.322. The number of nitriles is 1. The van der Waals surface area contributed by atoms with E-state index in [1.54, 1.807) is 16.7 Å². The summed E-state index contributed by atoms with van der Waals surface area (Å²) in [6, 6.07) is 19.7. The van der Waals surface area contributed by atoms with Crippen LogP contribution < -0.4 is 4.90 Å². The number of carbonyl (C=O) groups is 1. The third-order valence-electron chi connectivity index (χ3n) is 3.53. The maximum atomic E-state index is 12.9. The van der Waals surface area contributed by atoms with Crippen LogP contribution in [-0.2, 0) is 4.79 Å². The third kappa shape index (κ3) is 4.61. The fourth-order valence-corrected chi connectivity index (χ4v) is 3.31. The molecule has 0 heterocycles. The van der Waals surface area contributed by atoms with E-state index in [-0.39, 0.29) is 11.2 Å². The van der Waals surface area contributed by atoms with Crippen LogP contribution in [0.2, 0.25) is 0 Å². The lowest BCUT2D eigenvalue weighted by molar-refractivity contribution is -0.117. The van der Waals surface area contributed by atoms with Gasteiger partial charge in [0.05, 0.1) is 17.7 Å². The minimum absolute atomic E-state index is 0.0275. The van der Waals surface area contributed by atoms with Crippen LogP contribution in [0, 0.1) is 18.3 Å². The second-order valence-electron chi connectivity index (χ2n) is 5.26. The summed E-state index contributed by atoms with van der Waals surface area (Å²) in [6.45, 7) is 4.38. The Morgan fingerprint density at radius 1 is 1.17 bits per heavy atom. The van der Waals surface area contributed by atoms with Gasteiger partial charge in [0.25, 0.3) is 0 Å². The molecule has 0 aliphatic rings. The molecule has 0 bridgehead atoms. The van der Waals surface area contributed by atoms with Crippen LogP contribution in [0.25, 0.3) is 0 Å². The molecule has 1 atom stereocenters. The Morgan fingerprint density at radius 2 is 1.83 bits per heavy atom. The summed E-state index contributed by atoms with van der Waals surface area (Å²) in [5, 5.41) is 8.65. The first-order chi connectivity index (χ1) is 11.1. The highest BCUT2D eigenvalue weighted by molar-refractivity contribution is 8.00. The SMILES string of the molecule is Cc1ccccc1SC(C)C(=O)N(CCC#N)c1ccccc1. The minimum Gasteiger partial charge on any atom is -0.310 e. The van der Waals surface area contributed by atoms with Crippen LogP contribution in [0.5, 0.6) is 0 Å². The number of para-hydroxylation sites is 1. The Balaban J connectivity index is 2.16. The van der Waals surface area contributed by atoms with E-state index in [9.17, 15) is 4.79 Å². The number of hydrogen-bond acceptors (Lipinski definition) is 3. The van der Waals surface area contributed by atoms with Gasteiger partial charge in [-0.25, -0.2) is 0 Å². The average molecular weight is 324 g/mol. The molecule has 3 nitrogen and oxygen atoms in total. The van der Waals surface area contributed by atoms with E-state index in [0.29, 0.717) is 13.0 Å². The molecule has 1 unspecified atom stereocenters. The van der Waals surface area contributed by atoms with Gasteiger partial charge in [0.1, 0.15) is 0 Å². The van der Waals surface area contributed by atoms with Crippen LogP contribution in [0.15, 0.2) is 59.5 Å². The van der Waals surface area contributed by atoms with Crippen molar-refractivity contribution >= 4 is 23.4 Å². The molecule has 0 radical (unpaired) electrons. The highest BCUT2D eigenvalue weighted by atomic mass is 32.2. The van der Waals surface area contributed by atoms with Gasteiger partial charge >= 0.3 is 0 Å². The number of aryl methyl sites for hydroxylation is 1. The van der Waals surface area contributed by atoms with Crippen LogP contribution in [0.4, 0.5) is 5.69 Å². The van der Waals surface area contributed by atoms with Crippen LogP contribution in [0.1, 0.15) is 18.9 Å². The molecular formula is C19H20N2OS. The average Bonchev–Trinajstić information content (AvgIpc) is 2.58. The molecule has 23 heavy (non-hydrogen) atoms. The standard InChI is InChI=1S/C19H20N2OS/c1-15-9-6-7-12-18(15)23-16(2)19(22)21(14-8-13-20)17-10-4-3-5-11-17/h3-7,9-12,16H,8,14H2,1-2H3. The number of thioether (sulfide) groups is 1. The van der Waals surface area contributed by atoms with E-state index in [4.69, 9.17) is 5.26 Å². The minimum atomic E-state index is -0.213. The molecule has 2 aromatic rings. The van der Waals surface area contributed by atoms with Gasteiger partial charge in [0.2, 0.25) is 5.91 Å². The first kappa shape index (κ1) is 17.1. The second-order valence-corrected chi connectivity index (χ2v) is 6.64. The number of benzene rings is 2. The zero-order valence-electron chi connectivity index (χ0n) is 13.4. The van der Waals surface area contributed by atoms with Gasteiger partial charge in [-0.05, 0) is 37.6 Å². The Morgan fingerprint density at radius 3 is 2.48 bits per heavy atom. The monoisotopic (exact) mass is 324 g/mol. The lowest BCUT2D eigenvalue weighted by Crippen LogP contribution is -2.37. The Bertz CT molecular complexity index is 694. The van der Waals surface area contributed by atoms with E-state index in [1.165, 1.54) is 5.56 Å². The van der Waals surface area contributed by atoms with Crippen molar-refractivity contribution in [3.05, 3.63) is 60.2 Å². The zero-order chi connectivity index (χ0) is 16.7. The Labute approximate surface area is 141 Å². The Kier molecular flexibility index (Phi) is 6.25. The summed E-state index contributed by atoms with van der Waals surface area (Å²) in [7, 11) is 0. The van der Waals surface area contributed by atoms with Crippen molar-refractivity contribution in [2.24, 2.45) is 0 Å². The molecule has 0 saturated carbocycles. The maximum Gasteiger partial charge on any atom is 0.240 e. The number of amides is 1. The van der Waals surface area contributed by atoms with Gasteiger partial charge in [0.15, 0.2) is 0 Å². The fraction of sp³-hybridized carbons (Fsp3) is 0.263. The second kappa shape index (κ2) is 8.40. The molecule has 0 aliphatic heterocycles. The van der Waals surface area contributed by atoms with Crippen molar-refractivity contribution in [2.75, 3.05) is 11.4 Å². The molecule has 0 fully saturated rings. The molecule has 0 spiro atoms. The molecule has 2 rings (SSSR count). The molecular weight excluding hydrogens is 304 g/mol. The van der Waals surface area contributed by atoms with Gasteiger partial charge < -0.3 is 4.90 Å². The van der Waals surface area contributed by atoms with Crippen molar-refractivity contribution in [1.29, 1.82) is 5.26 Å². The summed E-state index contributed by atoms with van der Waals surface area (Å²) in [4.78, 5) is 15.7. The number of carbonyl (C=O) groups excluding carboxylic acids is 1. The summed E-state index contributed by atoms with van der Waals surface area (Å²) in [5.41, 5.74) is 2.01. The lowest BCUT2D eigenvalue weighted by atomic mass is 10.2. The highest BCUT2D eigenvalue weighted by Crippen LogP contribution is 2.28. The summed E-state index contributed by atoms with van der Waals surface area (Å²) < 4.78 is 0. The van der Waals surface area contributed by atoms with E-state index in [0.717, 1.165) is 10.6 Å². The van der Waals surface area contributed by atoms with Crippen LogP contribution in [0.3, 0.4) is 0 Å². The zero-order valence-corrected chi connectivity index (χ0v) is 14.2. The van der Waals surface area contributed by atoms with Crippen molar-refractivity contribution < 1.29 is 4.79 Å². The highest BCUT2D eigenvalue weighted by Gasteiger charge is 2.23. The molecule has 0 saturated heterocycles. The smallest absolute Gasteiger partial charge is 0.240 e. The quantitative estimate of drug-likeness (QED) is 0.739. The number of nitrogens with zero attached hydrogens (tertiary/aromatic N) is 2. The fourth-order valence-electron chi connectivity index (χ4n) is 2.29. The largest absolute Gasteiger partial charge is 0.310 e. The van der Waals surface area contributed by atoms with Crippen molar-refractivity contribution in [2.45, 2.75) is 30.4 Å². The van der Waals surface area contributed by atoms with E-state index in [2.05, 4.69) is 6.07 Å². The number of hydrogen-bond donors (Lipinski definition) is 0. The first-order valence-electron chi connectivity index (χ1n) is 7.59. The lowest BCUT2D eigenvalue weighted by Gasteiger charge is -2.25. The van der Waals surface area contributed by atoms with Crippen molar-refractivity contribution in [1.82, 2.24) is 0 Å². The third-order valence-corrected chi connectivity index (χ3v) is 4.79. The van der Waals surface area contributed by atoms with Crippen LogP contribution in [-0.4, -0.2) is 17.7 Å². The molecule has 1 amide bonds. The van der Waals surface area contributed by atoms with E-state index >= 15 is 0 Å². The van der Waals surface area contributed by atoms with Crippen LogP contribution >= 0.6 is 11.8 Å². The summed E-state index contributed by atoms with van der Waals surface area (Å²) >= 11 is 1.56. The number of rotatable bonds is 6. The molecule has 0 N–H and O–H groups in total. The molecule has 4 heteroatoms. The van der Waals surface area contributed by atoms with Crippen molar-refractivity contribution in [3.8, 4) is 6.07 Å². The Hall–Kier alpha value is -2.25. The van der Waals surface area contributed by atoms with Gasteiger partial charge in [-0.15, -0.1) is 11.8 Å². The maximum absolute atomic E-state index is 12.9. The predicted molar refractivity (Wildman–Crippen MR) is 95.5 cm³/mol. The van der Waals surface area contributed by atoms with E-state index in [1.807, 2.05) is 68.4 Å². The van der Waals surface area contributed by atoms with Crippen molar-refractivity contribution in [3.63, 3.8) is 0 Å². The van der Waals surface area contributed by atoms with Gasteiger partial charge in [0, 0.05) is 17.1 Å².